The minimum Gasteiger partial charge on any atom is -0.349 e. The largest absolute Gasteiger partial charge is 0.349 e. The number of aromatic amines is 1. The molecule has 1 fully saturated rings. The minimum absolute atomic E-state index is 0. The highest BCUT2D eigenvalue weighted by Crippen LogP contribution is 2.25. The first-order valence-corrected chi connectivity index (χ1v) is 7.86. The van der Waals surface area contributed by atoms with Crippen molar-refractivity contribution in [1.82, 2.24) is 15.3 Å². The van der Waals surface area contributed by atoms with Crippen LogP contribution < -0.4 is 16.6 Å². The summed E-state index contributed by atoms with van der Waals surface area (Å²) in [6.07, 6.45) is 3.00. The highest BCUT2D eigenvalue weighted by Gasteiger charge is 2.29. The lowest BCUT2D eigenvalue weighted by atomic mass is 9.95. The topological polar surface area (TPSA) is 101 Å². The van der Waals surface area contributed by atoms with Crippen LogP contribution in [0.3, 0.4) is 0 Å². The molecule has 1 saturated carbocycles. The Bertz CT molecular complexity index is 621. The van der Waals surface area contributed by atoms with Crippen molar-refractivity contribution in [1.29, 1.82) is 0 Å². The molecule has 1 aliphatic carbocycles. The molecule has 0 aliphatic heterocycles. The number of nitrogens with zero attached hydrogens (tertiary/aromatic N) is 1. The van der Waals surface area contributed by atoms with Gasteiger partial charge in [0, 0.05) is 11.5 Å². The van der Waals surface area contributed by atoms with Crippen molar-refractivity contribution in [2.75, 3.05) is 6.54 Å². The van der Waals surface area contributed by atoms with Gasteiger partial charge < -0.3 is 16.0 Å². The number of nitrogens with two attached hydrogens (primary N) is 1. The van der Waals surface area contributed by atoms with Gasteiger partial charge in [0.2, 0.25) is 0 Å². The van der Waals surface area contributed by atoms with Crippen molar-refractivity contribution in [3.05, 3.63) is 27.4 Å². The summed E-state index contributed by atoms with van der Waals surface area (Å²) < 4.78 is 0. The molecule has 0 aromatic carbocycles. The number of aromatic nitrogens is 2. The molecule has 1 amide bonds. The Kier molecular flexibility index (Phi) is 6.36. The SMILES string of the molecule is Cc1nc(C(C)(C)C)[nH]c(=O)c1C(=O)NC1CCCC1CN.Cl. The van der Waals surface area contributed by atoms with Gasteiger partial charge in [-0.25, -0.2) is 4.98 Å². The molecule has 1 aromatic rings. The Morgan fingerprint density at radius 1 is 1.39 bits per heavy atom. The fourth-order valence-corrected chi connectivity index (χ4v) is 2.96. The average molecular weight is 343 g/mol. The average Bonchev–Trinajstić information content (AvgIpc) is 2.83. The van der Waals surface area contributed by atoms with E-state index in [9.17, 15) is 9.59 Å². The zero-order valence-corrected chi connectivity index (χ0v) is 15.0. The third-order valence-corrected chi connectivity index (χ3v) is 4.32. The Morgan fingerprint density at radius 3 is 2.57 bits per heavy atom. The van der Waals surface area contributed by atoms with E-state index in [2.05, 4.69) is 15.3 Å². The normalized spacial score (nSPS) is 20.9. The molecule has 1 aliphatic rings. The molecule has 2 atom stereocenters. The number of rotatable bonds is 3. The molecule has 0 radical (unpaired) electrons. The smallest absolute Gasteiger partial charge is 0.264 e. The van der Waals surface area contributed by atoms with Gasteiger partial charge in [-0.05, 0) is 32.2 Å². The molecule has 0 spiro atoms. The number of hydrogen-bond donors (Lipinski definition) is 3. The summed E-state index contributed by atoms with van der Waals surface area (Å²) in [7, 11) is 0. The van der Waals surface area contributed by atoms with Crippen molar-refractivity contribution in [3.8, 4) is 0 Å². The molecule has 2 rings (SSSR count). The maximum Gasteiger partial charge on any atom is 0.264 e. The van der Waals surface area contributed by atoms with E-state index in [-0.39, 0.29) is 40.9 Å². The van der Waals surface area contributed by atoms with Gasteiger partial charge in [0.15, 0.2) is 0 Å². The van der Waals surface area contributed by atoms with Crippen LogP contribution in [0.4, 0.5) is 0 Å². The third kappa shape index (κ3) is 4.32. The molecular formula is C16H27ClN4O2. The lowest BCUT2D eigenvalue weighted by Crippen LogP contribution is -2.42. The Balaban J connectivity index is 0.00000264. The molecule has 0 bridgehead atoms. The Hall–Kier alpha value is -1.40. The van der Waals surface area contributed by atoms with Crippen molar-refractivity contribution in [2.24, 2.45) is 11.7 Å². The number of carbonyl (C=O) groups is 1. The van der Waals surface area contributed by atoms with Crippen LogP contribution in [-0.4, -0.2) is 28.5 Å². The Labute approximate surface area is 143 Å². The Morgan fingerprint density at radius 2 is 2.04 bits per heavy atom. The summed E-state index contributed by atoms with van der Waals surface area (Å²) >= 11 is 0. The van der Waals surface area contributed by atoms with Crippen LogP contribution in [0.25, 0.3) is 0 Å². The first-order valence-electron chi connectivity index (χ1n) is 7.86. The molecule has 7 heteroatoms. The molecular weight excluding hydrogens is 316 g/mol. The number of halogens is 1. The van der Waals surface area contributed by atoms with Gasteiger partial charge in [-0.3, -0.25) is 9.59 Å². The fourth-order valence-electron chi connectivity index (χ4n) is 2.96. The zero-order valence-electron chi connectivity index (χ0n) is 14.2. The number of nitrogens with one attached hydrogen (secondary N) is 2. The summed E-state index contributed by atoms with van der Waals surface area (Å²) in [5.41, 5.74) is 5.66. The van der Waals surface area contributed by atoms with E-state index in [4.69, 9.17) is 5.73 Å². The fraction of sp³-hybridized carbons (Fsp3) is 0.688. The number of H-pyrrole nitrogens is 1. The lowest BCUT2D eigenvalue weighted by Gasteiger charge is -2.21. The standard InChI is InChI=1S/C16H26N4O2.ClH/c1-9-12(14(22)20-15(18-9)16(2,3)4)13(21)19-11-7-5-6-10(11)8-17;/h10-11H,5-8,17H2,1-4H3,(H,19,21)(H,18,20,22);1H. The highest BCUT2D eigenvalue weighted by atomic mass is 35.5. The maximum atomic E-state index is 12.5. The number of aryl methyl sites for hydroxylation is 1. The second kappa shape index (κ2) is 7.45. The van der Waals surface area contributed by atoms with Crippen molar-refractivity contribution in [2.45, 2.75) is 58.4 Å². The number of hydrogen-bond acceptors (Lipinski definition) is 4. The van der Waals surface area contributed by atoms with Crippen LogP contribution in [0.1, 0.15) is 61.9 Å². The molecule has 2 unspecified atom stereocenters. The van der Waals surface area contributed by atoms with Gasteiger partial charge in [-0.1, -0.05) is 27.2 Å². The second-order valence-corrected chi connectivity index (χ2v) is 7.13. The summed E-state index contributed by atoms with van der Waals surface area (Å²) in [6.45, 7) is 8.16. The van der Waals surface area contributed by atoms with E-state index in [0.29, 0.717) is 24.0 Å². The number of amides is 1. The summed E-state index contributed by atoms with van der Waals surface area (Å²) in [5, 5.41) is 2.96. The molecule has 130 valence electrons. The minimum atomic E-state index is -0.378. The van der Waals surface area contributed by atoms with Crippen LogP contribution >= 0.6 is 12.4 Å². The van der Waals surface area contributed by atoms with Gasteiger partial charge in [0.25, 0.3) is 11.5 Å². The van der Waals surface area contributed by atoms with E-state index in [1.165, 1.54) is 0 Å². The second-order valence-electron chi connectivity index (χ2n) is 7.13. The van der Waals surface area contributed by atoms with E-state index >= 15 is 0 Å². The summed E-state index contributed by atoms with van der Waals surface area (Å²) in [5.74, 6) is 0.537. The van der Waals surface area contributed by atoms with Gasteiger partial charge >= 0.3 is 0 Å². The van der Waals surface area contributed by atoms with Crippen LogP contribution in [0.5, 0.6) is 0 Å². The van der Waals surface area contributed by atoms with Crippen LogP contribution in [-0.2, 0) is 5.41 Å². The monoisotopic (exact) mass is 342 g/mol. The maximum absolute atomic E-state index is 12.5. The molecule has 6 nitrogen and oxygen atoms in total. The highest BCUT2D eigenvalue weighted by molar-refractivity contribution is 5.95. The van der Waals surface area contributed by atoms with E-state index in [1.807, 2.05) is 20.8 Å². The molecule has 1 heterocycles. The predicted molar refractivity (Wildman–Crippen MR) is 93.2 cm³/mol. The van der Waals surface area contributed by atoms with Gasteiger partial charge in [-0.2, -0.15) is 0 Å². The van der Waals surface area contributed by atoms with Gasteiger partial charge in [0.1, 0.15) is 11.4 Å². The first kappa shape index (κ1) is 19.6. The van der Waals surface area contributed by atoms with E-state index in [1.54, 1.807) is 6.92 Å². The van der Waals surface area contributed by atoms with Crippen LogP contribution in [0.15, 0.2) is 4.79 Å². The zero-order chi connectivity index (χ0) is 16.5. The van der Waals surface area contributed by atoms with Gasteiger partial charge in [-0.15, -0.1) is 12.4 Å². The van der Waals surface area contributed by atoms with Crippen molar-refractivity contribution >= 4 is 18.3 Å². The van der Waals surface area contributed by atoms with E-state index in [0.717, 1.165) is 19.3 Å². The van der Waals surface area contributed by atoms with Crippen LogP contribution in [0, 0.1) is 12.8 Å². The van der Waals surface area contributed by atoms with Crippen LogP contribution in [0.2, 0.25) is 0 Å². The summed E-state index contributed by atoms with van der Waals surface area (Å²) in [4.78, 5) is 31.9. The molecule has 1 aromatic heterocycles. The van der Waals surface area contributed by atoms with Crippen molar-refractivity contribution < 1.29 is 4.79 Å². The third-order valence-electron chi connectivity index (χ3n) is 4.32. The molecule has 23 heavy (non-hydrogen) atoms. The summed E-state index contributed by atoms with van der Waals surface area (Å²) in [6, 6.07) is 0.0543. The van der Waals surface area contributed by atoms with E-state index < -0.39 is 0 Å². The number of carbonyl (C=O) groups excluding carboxylic acids is 1. The quantitative estimate of drug-likeness (QED) is 0.777. The first-order chi connectivity index (χ1) is 10.2. The predicted octanol–water partition coefficient (Wildman–Crippen LogP) is 1.65. The van der Waals surface area contributed by atoms with Gasteiger partial charge in [0.05, 0.1) is 5.69 Å². The lowest BCUT2D eigenvalue weighted by molar-refractivity contribution is 0.0926. The van der Waals surface area contributed by atoms with Crippen molar-refractivity contribution in [3.63, 3.8) is 0 Å². The molecule has 4 N–H and O–H groups in total. The molecule has 0 saturated heterocycles.